The number of carbonyl (C=O) groups excluding carboxylic acids is 1. The minimum atomic E-state index is -3.87. The highest BCUT2D eigenvalue weighted by Crippen LogP contribution is 2.36. The van der Waals surface area contributed by atoms with Gasteiger partial charge in [0, 0.05) is 30.8 Å². The zero-order valence-corrected chi connectivity index (χ0v) is 18.6. The van der Waals surface area contributed by atoms with Gasteiger partial charge in [-0.15, -0.1) is 0 Å². The second-order valence-electron chi connectivity index (χ2n) is 6.30. The Morgan fingerprint density at radius 3 is 2.33 bits per heavy atom. The molecule has 1 fully saturated rings. The summed E-state index contributed by atoms with van der Waals surface area (Å²) in [6, 6.07) is 7.09. The molecule has 0 atom stereocenters. The van der Waals surface area contributed by atoms with Crippen molar-refractivity contribution >= 4 is 44.8 Å². The van der Waals surface area contributed by atoms with Crippen molar-refractivity contribution in [3.8, 4) is 11.5 Å². The first-order valence-electron chi connectivity index (χ1n) is 8.88. The average Bonchev–Trinajstić information content (AvgIpc) is 2.75. The summed E-state index contributed by atoms with van der Waals surface area (Å²) in [4.78, 5) is 12.7. The van der Waals surface area contributed by atoms with Crippen molar-refractivity contribution in [2.75, 3.05) is 45.8 Å². The molecule has 1 saturated heterocycles. The van der Waals surface area contributed by atoms with Gasteiger partial charge in [-0.25, -0.2) is 8.42 Å². The van der Waals surface area contributed by atoms with E-state index in [0.29, 0.717) is 35.4 Å². The van der Waals surface area contributed by atoms with Gasteiger partial charge >= 0.3 is 0 Å². The molecule has 1 aliphatic rings. The van der Waals surface area contributed by atoms with Crippen LogP contribution in [0.5, 0.6) is 11.5 Å². The molecular weight excluding hydrogens is 455 g/mol. The topological polar surface area (TPSA) is 94.2 Å². The van der Waals surface area contributed by atoms with Crippen LogP contribution < -0.4 is 14.8 Å². The maximum absolute atomic E-state index is 13.0. The van der Waals surface area contributed by atoms with Crippen molar-refractivity contribution < 1.29 is 27.4 Å². The van der Waals surface area contributed by atoms with E-state index in [1.54, 1.807) is 0 Å². The van der Waals surface area contributed by atoms with E-state index >= 15 is 0 Å². The summed E-state index contributed by atoms with van der Waals surface area (Å²) in [5.41, 5.74) is 0.429. The molecule has 1 N–H and O–H groups in total. The van der Waals surface area contributed by atoms with Gasteiger partial charge in [0.25, 0.3) is 5.91 Å². The van der Waals surface area contributed by atoms with Gasteiger partial charge in [0.05, 0.1) is 43.2 Å². The Morgan fingerprint density at radius 1 is 1.03 bits per heavy atom. The van der Waals surface area contributed by atoms with Crippen LogP contribution in [0.25, 0.3) is 0 Å². The molecule has 2 aromatic carbocycles. The Morgan fingerprint density at radius 2 is 1.70 bits per heavy atom. The third-order valence-electron chi connectivity index (χ3n) is 4.50. The van der Waals surface area contributed by atoms with Crippen molar-refractivity contribution in [2.24, 2.45) is 0 Å². The number of anilines is 1. The fourth-order valence-corrected chi connectivity index (χ4v) is 5.06. The van der Waals surface area contributed by atoms with Gasteiger partial charge in [0.2, 0.25) is 10.0 Å². The van der Waals surface area contributed by atoms with Crippen LogP contribution in [-0.4, -0.2) is 59.2 Å². The average molecular weight is 475 g/mol. The van der Waals surface area contributed by atoms with Crippen LogP contribution in [-0.2, 0) is 14.8 Å². The predicted octanol–water partition coefficient (Wildman–Crippen LogP) is 3.28. The maximum Gasteiger partial charge on any atom is 0.255 e. The van der Waals surface area contributed by atoms with Crippen molar-refractivity contribution in [1.82, 2.24) is 4.31 Å². The van der Waals surface area contributed by atoms with E-state index in [1.807, 2.05) is 0 Å². The standard InChI is InChI=1S/C19H20Cl2N2O6S/c1-27-16-11-15(17(28-2)10-14(16)21)22-19(24)12-3-4-13(20)18(9-12)30(25,26)23-5-7-29-8-6-23/h3-4,9-11H,5-8H2,1-2H3,(H,22,24). The molecule has 1 heterocycles. The molecule has 11 heteroatoms. The highest BCUT2D eigenvalue weighted by molar-refractivity contribution is 7.89. The quantitative estimate of drug-likeness (QED) is 0.690. The first-order valence-corrected chi connectivity index (χ1v) is 11.1. The van der Waals surface area contributed by atoms with E-state index in [9.17, 15) is 13.2 Å². The number of carbonyl (C=O) groups is 1. The molecule has 1 amide bonds. The third kappa shape index (κ3) is 4.65. The lowest BCUT2D eigenvalue weighted by molar-refractivity contribution is 0.0730. The van der Waals surface area contributed by atoms with Crippen molar-refractivity contribution in [2.45, 2.75) is 4.90 Å². The molecule has 0 aliphatic carbocycles. The lowest BCUT2D eigenvalue weighted by atomic mass is 10.2. The smallest absolute Gasteiger partial charge is 0.255 e. The Bertz CT molecular complexity index is 1060. The minimum absolute atomic E-state index is 0.0313. The molecule has 162 valence electrons. The van der Waals surface area contributed by atoms with Crippen LogP contribution in [0.4, 0.5) is 5.69 Å². The number of nitrogens with zero attached hydrogens (tertiary/aromatic N) is 1. The summed E-state index contributed by atoms with van der Waals surface area (Å²) in [5, 5.41) is 3.03. The monoisotopic (exact) mass is 474 g/mol. The molecule has 0 radical (unpaired) electrons. The fraction of sp³-hybridized carbons (Fsp3) is 0.316. The predicted molar refractivity (Wildman–Crippen MR) is 114 cm³/mol. The van der Waals surface area contributed by atoms with Gasteiger partial charge in [-0.05, 0) is 18.2 Å². The molecular formula is C19H20Cl2N2O6S. The van der Waals surface area contributed by atoms with Gasteiger partial charge in [0.15, 0.2) is 0 Å². The minimum Gasteiger partial charge on any atom is -0.495 e. The van der Waals surface area contributed by atoms with E-state index in [-0.39, 0.29) is 28.6 Å². The summed E-state index contributed by atoms with van der Waals surface area (Å²) in [7, 11) is -0.992. The van der Waals surface area contributed by atoms with Gasteiger partial charge in [-0.3, -0.25) is 4.79 Å². The molecule has 0 saturated carbocycles. The number of sulfonamides is 1. The van der Waals surface area contributed by atoms with Crippen LogP contribution in [0.15, 0.2) is 35.2 Å². The van der Waals surface area contributed by atoms with Gasteiger partial charge < -0.3 is 19.5 Å². The molecule has 8 nitrogen and oxygen atoms in total. The van der Waals surface area contributed by atoms with Crippen LogP contribution >= 0.6 is 23.2 Å². The Labute approximate surface area is 184 Å². The van der Waals surface area contributed by atoms with E-state index in [4.69, 9.17) is 37.4 Å². The van der Waals surface area contributed by atoms with Crippen molar-refractivity contribution in [3.05, 3.63) is 45.9 Å². The molecule has 0 bridgehead atoms. The number of halogens is 2. The van der Waals surface area contributed by atoms with Gasteiger partial charge in [-0.1, -0.05) is 23.2 Å². The normalized spacial score (nSPS) is 14.9. The van der Waals surface area contributed by atoms with Crippen LogP contribution in [0, 0.1) is 0 Å². The summed E-state index contributed by atoms with van der Waals surface area (Å²) in [6.07, 6.45) is 0. The molecule has 0 unspecified atom stereocenters. The van der Waals surface area contributed by atoms with Gasteiger partial charge in [0.1, 0.15) is 16.4 Å². The van der Waals surface area contributed by atoms with E-state index < -0.39 is 15.9 Å². The number of methoxy groups -OCH3 is 2. The van der Waals surface area contributed by atoms with Gasteiger partial charge in [-0.2, -0.15) is 4.31 Å². The summed E-state index contributed by atoms with van der Waals surface area (Å²) >= 11 is 12.2. The van der Waals surface area contributed by atoms with E-state index in [1.165, 1.54) is 48.9 Å². The zero-order valence-electron chi connectivity index (χ0n) is 16.3. The SMILES string of the molecule is COc1cc(NC(=O)c2ccc(Cl)c(S(=O)(=O)N3CCOCC3)c2)c(OC)cc1Cl. The Balaban J connectivity index is 1.92. The first-order chi connectivity index (χ1) is 14.3. The molecule has 3 rings (SSSR count). The fourth-order valence-electron chi connectivity index (χ4n) is 2.92. The second kappa shape index (κ2) is 9.40. The first kappa shape index (κ1) is 22.6. The lowest BCUT2D eigenvalue weighted by Crippen LogP contribution is -2.40. The highest BCUT2D eigenvalue weighted by atomic mass is 35.5. The van der Waals surface area contributed by atoms with Crippen LogP contribution in [0.2, 0.25) is 10.0 Å². The summed E-state index contributed by atoms with van der Waals surface area (Å²) in [5.74, 6) is 0.122. The van der Waals surface area contributed by atoms with Crippen molar-refractivity contribution in [3.63, 3.8) is 0 Å². The Kier molecular flexibility index (Phi) is 7.10. The lowest BCUT2D eigenvalue weighted by Gasteiger charge is -2.26. The number of hydrogen-bond donors (Lipinski definition) is 1. The highest BCUT2D eigenvalue weighted by Gasteiger charge is 2.29. The second-order valence-corrected chi connectivity index (χ2v) is 9.02. The number of morpholine rings is 1. The summed E-state index contributed by atoms with van der Waals surface area (Å²) in [6.45, 7) is 1.04. The van der Waals surface area contributed by atoms with E-state index in [0.717, 1.165) is 0 Å². The number of hydrogen-bond acceptors (Lipinski definition) is 6. The molecule has 1 aliphatic heterocycles. The largest absolute Gasteiger partial charge is 0.495 e. The zero-order chi connectivity index (χ0) is 21.9. The number of nitrogens with one attached hydrogen (secondary N) is 1. The third-order valence-corrected chi connectivity index (χ3v) is 7.18. The summed E-state index contributed by atoms with van der Waals surface area (Å²) < 4.78 is 42.8. The van der Waals surface area contributed by atoms with E-state index in [2.05, 4.69) is 5.32 Å². The Hall–Kier alpha value is -2.04. The number of amides is 1. The molecule has 0 aromatic heterocycles. The molecule has 2 aromatic rings. The van der Waals surface area contributed by atoms with Crippen LogP contribution in [0.3, 0.4) is 0 Å². The van der Waals surface area contributed by atoms with Crippen LogP contribution in [0.1, 0.15) is 10.4 Å². The molecule has 30 heavy (non-hydrogen) atoms. The number of ether oxygens (including phenoxy) is 3. The molecule has 0 spiro atoms. The number of rotatable bonds is 6. The van der Waals surface area contributed by atoms with Crippen molar-refractivity contribution in [1.29, 1.82) is 0 Å². The number of benzene rings is 2. The maximum atomic E-state index is 13.0.